The van der Waals surface area contributed by atoms with Gasteiger partial charge >= 0.3 is 0 Å². The molecule has 1 aliphatic heterocycles. The van der Waals surface area contributed by atoms with Crippen molar-refractivity contribution >= 4 is 6.21 Å². The van der Waals surface area contributed by atoms with Crippen molar-refractivity contribution < 1.29 is 13.2 Å². The van der Waals surface area contributed by atoms with Gasteiger partial charge in [0.25, 0.3) is 0 Å². The Bertz CT molecular complexity index is 364. The first kappa shape index (κ1) is 9.24. The molecule has 1 aromatic carbocycles. The monoisotopic (exact) mass is 199 g/mol. The summed E-state index contributed by atoms with van der Waals surface area (Å²) < 4.78 is 38.3. The molecule has 14 heavy (non-hydrogen) atoms. The number of rotatable bonds is 1. The third kappa shape index (κ3) is 1.52. The molecule has 1 unspecified atom stereocenters. The summed E-state index contributed by atoms with van der Waals surface area (Å²) in [4.78, 5) is 4.04. The molecule has 0 fully saturated rings. The third-order valence-corrected chi connectivity index (χ3v) is 2.25. The van der Waals surface area contributed by atoms with Crippen LogP contribution in [0.5, 0.6) is 0 Å². The molecule has 4 heteroatoms. The molecule has 0 saturated heterocycles. The van der Waals surface area contributed by atoms with Crippen LogP contribution in [0.3, 0.4) is 0 Å². The van der Waals surface area contributed by atoms with Crippen LogP contribution in [0.2, 0.25) is 0 Å². The summed E-state index contributed by atoms with van der Waals surface area (Å²) in [5.74, 6) is -3.72. The summed E-state index contributed by atoms with van der Waals surface area (Å²) in [7, 11) is 0. The topological polar surface area (TPSA) is 12.4 Å². The molecule has 0 spiro atoms. The molecule has 0 amide bonds. The second-order valence-electron chi connectivity index (χ2n) is 3.22. The van der Waals surface area contributed by atoms with Gasteiger partial charge in [0.2, 0.25) is 0 Å². The van der Waals surface area contributed by atoms with Crippen molar-refractivity contribution in [2.75, 3.05) is 0 Å². The zero-order valence-corrected chi connectivity index (χ0v) is 7.30. The Morgan fingerprint density at radius 2 is 1.79 bits per heavy atom. The lowest BCUT2D eigenvalue weighted by Crippen LogP contribution is -1.97. The average Bonchev–Trinajstić information content (AvgIpc) is 2.66. The molecular formula is C10H8F3N. The molecule has 0 aliphatic carbocycles. The van der Waals surface area contributed by atoms with E-state index < -0.39 is 17.5 Å². The Morgan fingerprint density at radius 1 is 1.14 bits per heavy atom. The van der Waals surface area contributed by atoms with E-state index in [0.717, 1.165) is 25.0 Å². The summed E-state index contributed by atoms with van der Waals surface area (Å²) in [5.41, 5.74) is 0.398. The predicted molar refractivity (Wildman–Crippen MR) is 46.8 cm³/mol. The van der Waals surface area contributed by atoms with Crippen molar-refractivity contribution in [1.82, 2.24) is 0 Å². The summed E-state index contributed by atoms with van der Waals surface area (Å²) in [5, 5.41) is 0. The van der Waals surface area contributed by atoms with Gasteiger partial charge in [-0.05, 0) is 36.8 Å². The third-order valence-electron chi connectivity index (χ3n) is 2.25. The molecular weight excluding hydrogens is 191 g/mol. The Balaban J connectivity index is 2.39. The molecule has 1 heterocycles. The molecule has 0 bridgehead atoms. The van der Waals surface area contributed by atoms with Crippen molar-refractivity contribution in [2.45, 2.75) is 18.9 Å². The van der Waals surface area contributed by atoms with Crippen LogP contribution >= 0.6 is 0 Å². The van der Waals surface area contributed by atoms with Crippen molar-refractivity contribution in [3.63, 3.8) is 0 Å². The van der Waals surface area contributed by atoms with E-state index >= 15 is 0 Å². The fraction of sp³-hybridized carbons (Fsp3) is 0.300. The summed E-state index contributed by atoms with van der Waals surface area (Å²) >= 11 is 0. The molecule has 74 valence electrons. The van der Waals surface area contributed by atoms with Gasteiger partial charge in [0.15, 0.2) is 17.5 Å². The zero-order chi connectivity index (χ0) is 10.1. The maximum absolute atomic E-state index is 12.8. The van der Waals surface area contributed by atoms with Crippen molar-refractivity contribution in [3.05, 3.63) is 35.1 Å². The number of nitrogens with zero attached hydrogens (tertiary/aromatic N) is 1. The van der Waals surface area contributed by atoms with E-state index in [1.807, 2.05) is 0 Å². The van der Waals surface area contributed by atoms with E-state index in [9.17, 15) is 13.2 Å². The largest absolute Gasteiger partial charge is 0.289 e. The van der Waals surface area contributed by atoms with Crippen molar-refractivity contribution in [1.29, 1.82) is 0 Å². The van der Waals surface area contributed by atoms with E-state index in [1.54, 1.807) is 6.21 Å². The van der Waals surface area contributed by atoms with Crippen LogP contribution in [0.15, 0.2) is 17.1 Å². The van der Waals surface area contributed by atoms with Gasteiger partial charge in [0.1, 0.15) is 0 Å². The Hall–Kier alpha value is -1.32. The summed E-state index contributed by atoms with van der Waals surface area (Å²) in [6, 6.07) is 1.79. The molecule has 0 radical (unpaired) electrons. The number of hydrogen-bond donors (Lipinski definition) is 0. The lowest BCUT2D eigenvalue weighted by atomic mass is 10.0. The number of hydrogen-bond acceptors (Lipinski definition) is 1. The smallest absolute Gasteiger partial charge is 0.194 e. The van der Waals surface area contributed by atoms with Gasteiger partial charge in [0.05, 0.1) is 6.04 Å². The van der Waals surface area contributed by atoms with Crippen molar-refractivity contribution in [3.8, 4) is 0 Å². The first-order valence-corrected chi connectivity index (χ1v) is 4.34. The second kappa shape index (κ2) is 3.44. The van der Waals surface area contributed by atoms with E-state index in [4.69, 9.17) is 0 Å². The molecule has 0 N–H and O–H groups in total. The fourth-order valence-corrected chi connectivity index (χ4v) is 1.53. The standard InChI is InChI=1S/C10H8F3N/c11-7-4-6(5-8(12)10(7)13)9-2-1-3-14-9/h3-5,9H,1-2H2. The molecule has 2 rings (SSSR count). The SMILES string of the molecule is Fc1cc(C2CCC=N2)cc(F)c1F. The van der Waals surface area contributed by atoms with Crippen molar-refractivity contribution in [2.24, 2.45) is 4.99 Å². The maximum Gasteiger partial charge on any atom is 0.194 e. The fourth-order valence-electron chi connectivity index (χ4n) is 1.53. The molecule has 1 aromatic rings. The summed E-state index contributed by atoms with van der Waals surface area (Å²) in [6.45, 7) is 0. The zero-order valence-electron chi connectivity index (χ0n) is 7.30. The molecule has 0 aromatic heterocycles. The van der Waals surface area contributed by atoms with Crippen LogP contribution in [0.4, 0.5) is 13.2 Å². The van der Waals surface area contributed by atoms with Gasteiger partial charge < -0.3 is 0 Å². The highest BCUT2D eigenvalue weighted by Crippen LogP contribution is 2.28. The van der Waals surface area contributed by atoms with Gasteiger partial charge in [-0.15, -0.1) is 0 Å². The van der Waals surface area contributed by atoms with Crippen LogP contribution in [0.25, 0.3) is 0 Å². The number of aliphatic imine (C=N–C) groups is 1. The lowest BCUT2D eigenvalue weighted by molar-refractivity contribution is 0.443. The molecule has 1 atom stereocenters. The highest BCUT2D eigenvalue weighted by molar-refractivity contribution is 5.60. The second-order valence-corrected chi connectivity index (χ2v) is 3.22. The molecule has 1 aliphatic rings. The highest BCUT2D eigenvalue weighted by atomic mass is 19.2. The molecule has 1 nitrogen and oxygen atoms in total. The van der Waals surface area contributed by atoms with E-state index in [0.29, 0.717) is 5.56 Å². The van der Waals surface area contributed by atoms with Crippen LogP contribution in [-0.2, 0) is 0 Å². The van der Waals surface area contributed by atoms with Crippen LogP contribution in [0, 0.1) is 17.5 Å². The van der Waals surface area contributed by atoms with Crippen LogP contribution in [0.1, 0.15) is 24.4 Å². The molecule has 0 saturated carbocycles. The Kier molecular flexibility index (Phi) is 2.27. The van der Waals surface area contributed by atoms with Gasteiger partial charge in [-0.3, -0.25) is 4.99 Å². The quantitative estimate of drug-likeness (QED) is 0.616. The summed E-state index contributed by atoms with van der Waals surface area (Å²) in [6.07, 6.45) is 3.24. The number of halogens is 3. The van der Waals surface area contributed by atoms with E-state index in [-0.39, 0.29) is 6.04 Å². The van der Waals surface area contributed by atoms with E-state index in [2.05, 4.69) is 4.99 Å². The minimum absolute atomic E-state index is 0.223. The minimum Gasteiger partial charge on any atom is -0.289 e. The lowest BCUT2D eigenvalue weighted by Gasteiger charge is -2.07. The average molecular weight is 199 g/mol. The van der Waals surface area contributed by atoms with E-state index in [1.165, 1.54) is 0 Å². The minimum atomic E-state index is -1.42. The highest BCUT2D eigenvalue weighted by Gasteiger charge is 2.18. The number of benzene rings is 1. The first-order valence-electron chi connectivity index (χ1n) is 4.34. The Labute approximate surface area is 79.3 Å². The van der Waals surface area contributed by atoms with Gasteiger partial charge in [-0.25, -0.2) is 13.2 Å². The van der Waals surface area contributed by atoms with Crippen LogP contribution < -0.4 is 0 Å². The predicted octanol–water partition coefficient (Wildman–Crippen LogP) is 3.01. The maximum atomic E-state index is 12.8. The van der Waals surface area contributed by atoms with Gasteiger partial charge in [0, 0.05) is 0 Å². The van der Waals surface area contributed by atoms with Gasteiger partial charge in [-0.1, -0.05) is 0 Å². The normalized spacial score (nSPS) is 20.4. The first-order chi connectivity index (χ1) is 6.68. The Morgan fingerprint density at radius 3 is 2.29 bits per heavy atom. The van der Waals surface area contributed by atoms with Crippen LogP contribution in [-0.4, -0.2) is 6.21 Å². The van der Waals surface area contributed by atoms with Gasteiger partial charge in [-0.2, -0.15) is 0 Å².